The molecule has 0 unspecified atom stereocenters. The number of fused-ring (bicyclic) bond motifs is 2. The molecule has 4 rings (SSSR count). The first kappa shape index (κ1) is 22.8. The summed E-state index contributed by atoms with van der Waals surface area (Å²) in [5.74, 6) is 0.726. The van der Waals surface area contributed by atoms with Crippen molar-refractivity contribution in [3.8, 4) is 11.5 Å². The van der Waals surface area contributed by atoms with E-state index in [2.05, 4.69) is 10.3 Å². The standard InChI is InChI=1S/C23H25N3O6S/c1-3-26(4-2)33(29,30)16-9-10-19-17(11-16)18(12-22(27)25-19)23(28)24-13-15-14-31-20-7-5-6-8-21(20)32-15/h5-12,15H,3-4,13-14H2,1-2H3,(H,24,28)(H,25,27)/t15-/m1/s1. The van der Waals surface area contributed by atoms with Crippen molar-refractivity contribution in [1.29, 1.82) is 0 Å². The number of benzene rings is 2. The number of para-hydroxylation sites is 2. The molecule has 2 N–H and O–H groups in total. The third kappa shape index (κ3) is 4.57. The van der Waals surface area contributed by atoms with Gasteiger partial charge in [0.15, 0.2) is 11.5 Å². The summed E-state index contributed by atoms with van der Waals surface area (Å²) in [6.07, 6.45) is -0.407. The highest BCUT2D eigenvalue weighted by Crippen LogP contribution is 2.30. The van der Waals surface area contributed by atoms with Crippen molar-refractivity contribution in [3.05, 3.63) is 64.4 Å². The highest BCUT2D eigenvalue weighted by molar-refractivity contribution is 7.89. The van der Waals surface area contributed by atoms with Gasteiger partial charge in [-0.2, -0.15) is 4.31 Å². The fraction of sp³-hybridized carbons (Fsp3) is 0.304. The monoisotopic (exact) mass is 471 g/mol. The Balaban J connectivity index is 1.60. The van der Waals surface area contributed by atoms with Crippen molar-refractivity contribution >= 4 is 26.8 Å². The number of carbonyl (C=O) groups is 1. The molecule has 0 radical (unpaired) electrons. The summed E-state index contributed by atoms with van der Waals surface area (Å²) in [5.41, 5.74) is -0.00187. The Bertz CT molecular complexity index is 1350. The summed E-state index contributed by atoms with van der Waals surface area (Å²) in [4.78, 5) is 27.8. The molecule has 0 saturated carbocycles. The van der Waals surface area contributed by atoms with E-state index >= 15 is 0 Å². The number of hydrogen-bond donors (Lipinski definition) is 2. The first-order chi connectivity index (χ1) is 15.8. The number of amides is 1. The third-order valence-corrected chi connectivity index (χ3v) is 7.51. The summed E-state index contributed by atoms with van der Waals surface area (Å²) in [6.45, 7) is 4.57. The average Bonchev–Trinajstić information content (AvgIpc) is 2.82. The van der Waals surface area contributed by atoms with Gasteiger partial charge >= 0.3 is 0 Å². The molecular weight excluding hydrogens is 446 g/mol. The van der Waals surface area contributed by atoms with Crippen molar-refractivity contribution < 1.29 is 22.7 Å². The molecule has 10 heteroatoms. The minimum absolute atomic E-state index is 0.0559. The fourth-order valence-electron chi connectivity index (χ4n) is 3.76. The van der Waals surface area contributed by atoms with Crippen LogP contribution < -0.4 is 20.3 Å². The molecule has 2 heterocycles. The topological polar surface area (TPSA) is 118 Å². The summed E-state index contributed by atoms with van der Waals surface area (Å²) >= 11 is 0. The number of rotatable bonds is 7. The Morgan fingerprint density at radius 3 is 2.58 bits per heavy atom. The Hall–Kier alpha value is -3.37. The molecule has 1 aliphatic heterocycles. The van der Waals surface area contributed by atoms with Gasteiger partial charge in [-0.3, -0.25) is 9.59 Å². The van der Waals surface area contributed by atoms with Gasteiger partial charge in [0, 0.05) is 30.1 Å². The molecule has 0 saturated heterocycles. The van der Waals surface area contributed by atoms with E-state index in [-0.39, 0.29) is 23.6 Å². The smallest absolute Gasteiger partial charge is 0.252 e. The molecule has 9 nitrogen and oxygen atoms in total. The van der Waals surface area contributed by atoms with E-state index in [1.165, 1.54) is 28.6 Å². The van der Waals surface area contributed by atoms with Crippen LogP contribution in [0.2, 0.25) is 0 Å². The van der Waals surface area contributed by atoms with E-state index in [1.54, 1.807) is 26.0 Å². The lowest BCUT2D eigenvalue weighted by Crippen LogP contribution is -2.41. The van der Waals surface area contributed by atoms with E-state index in [4.69, 9.17) is 9.47 Å². The Kier molecular flexibility index (Phi) is 6.39. The van der Waals surface area contributed by atoms with E-state index < -0.39 is 27.6 Å². The number of pyridine rings is 1. The van der Waals surface area contributed by atoms with Gasteiger partial charge in [0.05, 0.1) is 17.0 Å². The van der Waals surface area contributed by atoms with Crippen molar-refractivity contribution in [1.82, 2.24) is 14.6 Å². The number of nitrogens with one attached hydrogen (secondary N) is 2. The number of sulfonamides is 1. The van der Waals surface area contributed by atoms with Gasteiger partial charge in [-0.15, -0.1) is 0 Å². The first-order valence-corrected chi connectivity index (χ1v) is 12.1. The molecule has 1 aliphatic rings. The lowest BCUT2D eigenvalue weighted by Gasteiger charge is -2.26. The molecule has 2 aromatic carbocycles. The zero-order valence-electron chi connectivity index (χ0n) is 18.3. The zero-order valence-corrected chi connectivity index (χ0v) is 19.1. The molecule has 1 amide bonds. The normalized spacial score (nSPS) is 15.5. The molecule has 0 aliphatic carbocycles. The average molecular weight is 472 g/mol. The first-order valence-electron chi connectivity index (χ1n) is 10.7. The molecule has 0 bridgehead atoms. The fourth-order valence-corrected chi connectivity index (χ4v) is 5.24. The van der Waals surface area contributed by atoms with Crippen molar-refractivity contribution in [2.75, 3.05) is 26.2 Å². The minimum atomic E-state index is -3.73. The van der Waals surface area contributed by atoms with Gasteiger partial charge in [0.1, 0.15) is 12.7 Å². The maximum absolute atomic E-state index is 13.0. The van der Waals surface area contributed by atoms with E-state index in [9.17, 15) is 18.0 Å². The predicted molar refractivity (Wildman–Crippen MR) is 123 cm³/mol. The van der Waals surface area contributed by atoms with Crippen LogP contribution in [0.4, 0.5) is 0 Å². The lowest BCUT2D eigenvalue weighted by molar-refractivity contribution is 0.0790. The predicted octanol–water partition coefficient (Wildman–Crippen LogP) is 2.13. The van der Waals surface area contributed by atoms with Gasteiger partial charge < -0.3 is 19.8 Å². The second-order valence-electron chi connectivity index (χ2n) is 7.55. The SMILES string of the molecule is CCN(CC)S(=O)(=O)c1ccc2[nH]c(=O)cc(C(=O)NC[C@@H]3COc4ccccc4O3)c2c1. The molecule has 0 fully saturated rings. The third-order valence-electron chi connectivity index (χ3n) is 5.46. The Morgan fingerprint density at radius 2 is 1.85 bits per heavy atom. The summed E-state index contributed by atoms with van der Waals surface area (Å²) in [5, 5.41) is 3.10. The molecule has 1 atom stereocenters. The van der Waals surface area contributed by atoms with Gasteiger partial charge in [0.25, 0.3) is 5.91 Å². The number of hydrogen-bond acceptors (Lipinski definition) is 6. The van der Waals surface area contributed by atoms with Crippen molar-refractivity contribution in [2.45, 2.75) is 24.8 Å². The van der Waals surface area contributed by atoms with Crippen LogP contribution in [0.1, 0.15) is 24.2 Å². The molecular formula is C23H25N3O6S. The van der Waals surface area contributed by atoms with Crippen LogP contribution in [0.15, 0.2) is 58.2 Å². The van der Waals surface area contributed by atoms with E-state index in [1.807, 2.05) is 12.1 Å². The molecule has 1 aromatic heterocycles. The van der Waals surface area contributed by atoms with Crippen molar-refractivity contribution in [2.24, 2.45) is 0 Å². The summed E-state index contributed by atoms with van der Waals surface area (Å²) < 4.78 is 38.7. The Labute approximate surface area is 191 Å². The van der Waals surface area contributed by atoms with Crippen LogP contribution in [-0.4, -0.2) is 56.0 Å². The second-order valence-corrected chi connectivity index (χ2v) is 9.49. The number of ether oxygens (including phenoxy) is 2. The van der Waals surface area contributed by atoms with Crippen LogP contribution >= 0.6 is 0 Å². The van der Waals surface area contributed by atoms with Crippen molar-refractivity contribution in [3.63, 3.8) is 0 Å². The van der Waals surface area contributed by atoms with Crippen LogP contribution in [0.25, 0.3) is 10.9 Å². The zero-order chi connectivity index (χ0) is 23.6. The van der Waals surface area contributed by atoms with Gasteiger partial charge in [0.2, 0.25) is 15.6 Å². The summed E-state index contributed by atoms with van der Waals surface area (Å²) in [7, 11) is -3.73. The van der Waals surface area contributed by atoms with E-state index in [0.29, 0.717) is 35.5 Å². The van der Waals surface area contributed by atoms with Crippen LogP contribution in [-0.2, 0) is 10.0 Å². The second kappa shape index (κ2) is 9.24. The molecule has 174 valence electrons. The van der Waals surface area contributed by atoms with Crippen LogP contribution in [0.5, 0.6) is 11.5 Å². The van der Waals surface area contributed by atoms with E-state index in [0.717, 1.165) is 0 Å². The van der Waals surface area contributed by atoms with Gasteiger partial charge in [-0.05, 0) is 30.3 Å². The number of carbonyl (C=O) groups excluding carboxylic acids is 1. The minimum Gasteiger partial charge on any atom is -0.486 e. The number of aromatic nitrogens is 1. The maximum Gasteiger partial charge on any atom is 0.252 e. The number of aromatic amines is 1. The van der Waals surface area contributed by atoms with Crippen LogP contribution in [0, 0.1) is 0 Å². The highest BCUT2D eigenvalue weighted by atomic mass is 32.2. The molecule has 33 heavy (non-hydrogen) atoms. The highest BCUT2D eigenvalue weighted by Gasteiger charge is 2.24. The summed E-state index contributed by atoms with van der Waals surface area (Å²) in [6, 6.07) is 12.8. The Morgan fingerprint density at radius 1 is 1.12 bits per heavy atom. The maximum atomic E-state index is 13.0. The van der Waals surface area contributed by atoms with Gasteiger partial charge in [-0.25, -0.2) is 8.42 Å². The molecule has 0 spiro atoms. The number of nitrogens with zero attached hydrogens (tertiary/aromatic N) is 1. The lowest BCUT2D eigenvalue weighted by atomic mass is 10.1. The van der Waals surface area contributed by atoms with Gasteiger partial charge in [-0.1, -0.05) is 26.0 Å². The van der Waals surface area contributed by atoms with Crippen LogP contribution in [0.3, 0.4) is 0 Å². The quantitative estimate of drug-likeness (QED) is 0.545. The number of H-pyrrole nitrogens is 1. The molecule has 3 aromatic rings. The largest absolute Gasteiger partial charge is 0.486 e.